The average molecular weight is 612 g/mol. The highest BCUT2D eigenvalue weighted by Gasteiger charge is 2.16. The molecule has 0 saturated carbocycles. The molecule has 5 aromatic heterocycles. The number of hydrogen-bond donors (Lipinski definition) is 4. The molecule has 0 radical (unpaired) electrons. The van der Waals surface area contributed by atoms with Crippen LogP contribution in [-0.2, 0) is 0 Å². The first-order valence-electron chi connectivity index (χ1n) is 14.7. The van der Waals surface area contributed by atoms with Crippen molar-refractivity contribution in [2.75, 3.05) is 37.8 Å². The predicted molar refractivity (Wildman–Crippen MR) is 179 cm³/mol. The Morgan fingerprint density at radius 2 is 1.67 bits per heavy atom. The van der Waals surface area contributed by atoms with E-state index >= 15 is 0 Å². The van der Waals surface area contributed by atoms with Crippen LogP contribution in [0.5, 0.6) is 0 Å². The number of aromatic amines is 2. The number of pyridine rings is 3. The van der Waals surface area contributed by atoms with Crippen LogP contribution in [0.25, 0.3) is 55.6 Å². The van der Waals surface area contributed by atoms with Gasteiger partial charge in [0, 0.05) is 58.6 Å². The molecule has 0 saturated heterocycles. The first kappa shape index (κ1) is 28.8. The van der Waals surface area contributed by atoms with Crippen molar-refractivity contribution in [2.24, 2.45) is 0 Å². The van der Waals surface area contributed by atoms with E-state index in [-0.39, 0.29) is 11.7 Å². The number of carbonyl (C=O) groups excluding carboxylic acids is 1. The van der Waals surface area contributed by atoms with Crippen LogP contribution in [0.15, 0.2) is 97.7 Å². The van der Waals surface area contributed by atoms with Gasteiger partial charge in [-0.05, 0) is 68.2 Å². The number of likely N-dealkylation sites (N-methyl/N-ethyl adjacent to an activating group) is 1. The molecule has 0 bridgehead atoms. The van der Waals surface area contributed by atoms with Crippen molar-refractivity contribution < 1.29 is 9.18 Å². The van der Waals surface area contributed by atoms with E-state index in [1.54, 1.807) is 43.1 Å². The number of anilines is 2. The number of amides is 1. The zero-order valence-electron chi connectivity index (χ0n) is 25.2. The third kappa shape index (κ3) is 5.91. The summed E-state index contributed by atoms with van der Waals surface area (Å²) in [6.45, 7) is 1.52. The molecule has 2 aromatic carbocycles. The fraction of sp³-hybridized carbons (Fsp3) is 0.114. The number of nitrogens with one attached hydrogen (secondary N) is 4. The Morgan fingerprint density at radius 1 is 0.848 bits per heavy atom. The molecule has 7 rings (SSSR count). The highest BCUT2D eigenvalue weighted by atomic mass is 19.1. The number of aromatic nitrogens is 6. The van der Waals surface area contributed by atoms with Crippen molar-refractivity contribution in [1.29, 1.82) is 0 Å². The molecule has 11 heteroatoms. The molecule has 0 aliphatic heterocycles. The van der Waals surface area contributed by atoms with Crippen LogP contribution in [0.3, 0.4) is 0 Å². The fourth-order valence-electron chi connectivity index (χ4n) is 5.40. The van der Waals surface area contributed by atoms with Crippen LogP contribution in [0.2, 0.25) is 0 Å². The van der Waals surface area contributed by atoms with Gasteiger partial charge in [-0.3, -0.25) is 24.8 Å². The third-order valence-corrected chi connectivity index (χ3v) is 7.67. The first-order valence-corrected chi connectivity index (χ1v) is 14.7. The Morgan fingerprint density at radius 3 is 2.52 bits per heavy atom. The zero-order valence-corrected chi connectivity index (χ0v) is 25.2. The maximum Gasteiger partial charge on any atom is 0.255 e. The monoisotopic (exact) mass is 611 g/mol. The fourth-order valence-corrected chi connectivity index (χ4v) is 5.40. The van der Waals surface area contributed by atoms with Crippen molar-refractivity contribution in [1.82, 2.24) is 35.0 Å². The number of hydrogen-bond acceptors (Lipinski definition) is 7. The minimum atomic E-state index is -0.325. The number of fused-ring (bicyclic) bond motifs is 2. The van der Waals surface area contributed by atoms with Crippen LogP contribution < -0.4 is 10.6 Å². The molecular formula is C35H30FN9O. The standard InChI is InChI=1S/C35H30FN9O/c1-45(2)9-8-39-25-11-22(10-24(36)13-25)29-18-38-19-32-27(29)14-31(42-32)34-28-15-30(40-20-33(28)43-44-34)23-12-26(17-37-16-23)41-35(46)21-6-4-3-5-7-21/h3-7,10-20,39,42H,8-9H2,1-2H3,(H,41,46)(H,43,44). The van der Waals surface area contributed by atoms with E-state index in [1.807, 2.05) is 56.6 Å². The van der Waals surface area contributed by atoms with Gasteiger partial charge in [-0.25, -0.2) is 4.39 Å². The molecule has 0 unspecified atom stereocenters. The first-order chi connectivity index (χ1) is 22.4. The van der Waals surface area contributed by atoms with Gasteiger partial charge in [-0.1, -0.05) is 18.2 Å². The predicted octanol–water partition coefficient (Wildman–Crippen LogP) is 6.60. The second kappa shape index (κ2) is 12.2. The molecule has 228 valence electrons. The summed E-state index contributed by atoms with van der Waals surface area (Å²) in [6, 6.07) is 19.8. The molecule has 0 spiro atoms. The lowest BCUT2D eigenvalue weighted by Gasteiger charge is -2.13. The molecule has 0 atom stereocenters. The van der Waals surface area contributed by atoms with Gasteiger partial charge in [0.15, 0.2) is 0 Å². The molecule has 0 fully saturated rings. The van der Waals surface area contributed by atoms with Gasteiger partial charge in [0.2, 0.25) is 0 Å². The van der Waals surface area contributed by atoms with Crippen molar-refractivity contribution in [3.8, 4) is 33.8 Å². The second-order valence-corrected chi connectivity index (χ2v) is 11.3. The minimum Gasteiger partial charge on any atom is -0.384 e. The summed E-state index contributed by atoms with van der Waals surface area (Å²) < 4.78 is 14.7. The lowest BCUT2D eigenvalue weighted by molar-refractivity contribution is 0.102. The van der Waals surface area contributed by atoms with Crippen molar-refractivity contribution >= 4 is 39.1 Å². The van der Waals surface area contributed by atoms with Crippen LogP contribution in [0, 0.1) is 5.82 Å². The van der Waals surface area contributed by atoms with E-state index in [0.717, 1.165) is 50.7 Å². The number of H-pyrrole nitrogens is 2. The van der Waals surface area contributed by atoms with Gasteiger partial charge in [0.25, 0.3) is 5.91 Å². The topological polar surface area (TPSA) is 128 Å². The summed E-state index contributed by atoms with van der Waals surface area (Å²) in [5.41, 5.74) is 7.80. The van der Waals surface area contributed by atoms with Gasteiger partial charge in [-0.15, -0.1) is 0 Å². The number of rotatable bonds is 9. The van der Waals surface area contributed by atoms with Crippen LogP contribution in [0.1, 0.15) is 10.4 Å². The molecule has 1 amide bonds. The summed E-state index contributed by atoms with van der Waals surface area (Å²) >= 11 is 0. The highest BCUT2D eigenvalue weighted by Crippen LogP contribution is 2.35. The van der Waals surface area contributed by atoms with E-state index in [9.17, 15) is 9.18 Å². The maximum absolute atomic E-state index is 14.7. The Hall–Kier alpha value is -5.94. The number of carbonyl (C=O) groups is 1. The molecular weight excluding hydrogens is 581 g/mol. The molecule has 4 N–H and O–H groups in total. The van der Waals surface area contributed by atoms with Crippen molar-refractivity contribution in [2.45, 2.75) is 0 Å². The average Bonchev–Trinajstić information content (AvgIpc) is 3.69. The van der Waals surface area contributed by atoms with E-state index in [4.69, 9.17) is 0 Å². The van der Waals surface area contributed by atoms with Gasteiger partial charge in [0.05, 0.1) is 46.7 Å². The van der Waals surface area contributed by atoms with Crippen molar-refractivity contribution in [3.05, 3.63) is 109 Å². The van der Waals surface area contributed by atoms with Crippen LogP contribution in [0.4, 0.5) is 15.8 Å². The lowest BCUT2D eigenvalue weighted by atomic mass is 10.0. The van der Waals surface area contributed by atoms with E-state index < -0.39 is 0 Å². The highest BCUT2D eigenvalue weighted by molar-refractivity contribution is 6.04. The van der Waals surface area contributed by atoms with Crippen LogP contribution >= 0.6 is 0 Å². The van der Waals surface area contributed by atoms with Gasteiger partial charge >= 0.3 is 0 Å². The Bertz CT molecular complexity index is 2190. The van der Waals surface area contributed by atoms with E-state index in [2.05, 4.69) is 45.7 Å². The molecule has 7 aromatic rings. The number of nitrogens with zero attached hydrogens (tertiary/aromatic N) is 5. The quantitative estimate of drug-likeness (QED) is 0.145. The second-order valence-electron chi connectivity index (χ2n) is 11.3. The SMILES string of the molecule is CN(C)CCNc1cc(F)cc(-c2cncc3[nH]c(-c4n[nH]c5cnc(-c6cncc(NC(=O)c7ccccc7)c6)cc45)cc23)c1. The summed E-state index contributed by atoms with van der Waals surface area (Å²) in [5, 5.41) is 15.6. The third-order valence-electron chi connectivity index (χ3n) is 7.67. The Labute approximate surface area is 263 Å². The van der Waals surface area contributed by atoms with Crippen LogP contribution in [-0.4, -0.2) is 68.1 Å². The van der Waals surface area contributed by atoms with E-state index in [1.165, 1.54) is 12.1 Å². The number of benzene rings is 2. The minimum absolute atomic E-state index is 0.220. The summed E-state index contributed by atoms with van der Waals surface area (Å²) in [6.07, 6.45) is 8.53. The largest absolute Gasteiger partial charge is 0.384 e. The van der Waals surface area contributed by atoms with Gasteiger partial charge in [0.1, 0.15) is 11.5 Å². The Balaban J connectivity index is 1.21. The van der Waals surface area contributed by atoms with Gasteiger partial charge < -0.3 is 20.5 Å². The lowest BCUT2D eigenvalue weighted by Crippen LogP contribution is -2.20. The molecule has 5 heterocycles. The summed E-state index contributed by atoms with van der Waals surface area (Å²) in [4.78, 5) is 31.6. The number of halogens is 1. The molecule has 0 aliphatic carbocycles. The summed E-state index contributed by atoms with van der Waals surface area (Å²) in [5.74, 6) is -0.545. The Kier molecular flexibility index (Phi) is 7.65. The molecule has 0 aliphatic rings. The maximum atomic E-state index is 14.7. The molecule has 10 nitrogen and oxygen atoms in total. The molecule has 46 heavy (non-hydrogen) atoms. The smallest absolute Gasteiger partial charge is 0.255 e. The van der Waals surface area contributed by atoms with Crippen molar-refractivity contribution in [3.63, 3.8) is 0 Å². The van der Waals surface area contributed by atoms with Gasteiger partial charge in [-0.2, -0.15) is 5.10 Å². The zero-order chi connectivity index (χ0) is 31.6. The summed E-state index contributed by atoms with van der Waals surface area (Å²) in [7, 11) is 4.00. The van der Waals surface area contributed by atoms with E-state index in [0.29, 0.717) is 34.9 Å². The normalized spacial score (nSPS) is 11.4.